The van der Waals surface area contributed by atoms with Crippen molar-refractivity contribution < 1.29 is 4.74 Å². The first-order valence-corrected chi connectivity index (χ1v) is 5.13. The molecule has 0 saturated carbocycles. The summed E-state index contributed by atoms with van der Waals surface area (Å²) in [5.74, 6) is 0. The van der Waals surface area contributed by atoms with Gasteiger partial charge in [-0.1, -0.05) is 0 Å². The molecule has 0 fully saturated rings. The van der Waals surface area contributed by atoms with Crippen LogP contribution in [0, 0.1) is 6.92 Å². The van der Waals surface area contributed by atoms with Gasteiger partial charge in [0.15, 0.2) is 5.11 Å². The molecule has 1 aromatic rings. The molecule has 0 amide bonds. The summed E-state index contributed by atoms with van der Waals surface area (Å²) in [7, 11) is 1.69. The van der Waals surface area contributed by atoms with Crippen LogP contribution in [0.25, 0.3) is 0 Å². The van der Waals surface area contributed by atoms with Gasteiger partial charge in [0.2, 0.25) is 0 Å². The van der Waals surface area contributed by atoms with Crippen LogP contribution >= 0.6 is 12.2 Å². The first-order chi connectivity index (χ1) is 7.13. The van der Waals surface area contributed by atoms with Gasteiger partial charge in [0.25, 0.3) is 0 Å². The molecular formula is C9H16N4OS. The van der Waals surface area contributed by atoms with E-state index in [4.69, 9.17) is 22.7 Å². The highest BCUT2D eigenvalue weighted by atomic mass is 32.1. The molecule has 0 spiro atoms. The summed E-state index contributed by atoms with van der Waals surface area (Å²) in [4.78, 5) is 0. The second-order valence-electron chi connectivity index (χ2n) is 3.23. The number of aromatic nitrogens is 2. The minimum absolute atomic E-state index is 0.259. The number of hydrogen-bond acceptors (Lipinski definition) is 3. The zero-order valence-electron chi connectivity index (χ0n) is 8.99. The van der Waals surface area contributed by atoms with E-state index in [1.807, 2.05) is 17.8 Å². The van der Waals surface area contributed by atoms with Crippen LogP contribution in [0.1, 0.15) is 12.1 Å². The molecule has 84 valence electrons. The van der Waals surface area contributed by atoms with Crippen LogP contribution in [0.5, 0.6) is 0 Å². The smallest absolute Gasteiger partial charge is 0.168 e. The number of thiocarbonyl (C=S) groups is 1. The molecule has 1 heterocycles. The number of hydrogen-bond donors (Lipinski definition) is 2. The summed E-state index contributed by atoms with van der Waals surface area (Å²) in [5, 5.41) is 7.46. The van der Waals surface area contributed by atoms with Crippen molar-refractivity contribution in [3.8, 4) is 0 Å². The van der Waals surface area contributed by atoms with E-state index < -0.39 is 0 Å². The maximum absolute atomic E-state index is 5.39. The predicted molar refractivity (Wildman–Crippen MR) is 63.9 cm³/mol. The molecule has 3 N–H and O–H groups in total. The molecular weight excluding hydrogens is 212 g/mol. The quantitative estimate of drug-likeness (QED) is 0.578. The predicted octanol–water partition coefficient (Wildman–Crippen LogP) is 0.884. The average Bonchev–Trinajstić information content (AvgIpc) is 2.47. The van der Waals surface area contributed by atoms with E-state index in [0.29, 0.717) is 0 Å². The topological polar surface area (TPSA) is 65.1 Å². The molecule has 0 saturated heterocycles. The fourth-order valence-corrected chi connectivity index (χ4v) is 1.37. The van der Waals surface area contributed by atoms with Crippen molar-refractivity contribution in [1.29, 1.82) is 0 Å². The molecule has 0 unspecified atom stereocenters. The Kier molecular flexibility index (Phi) is 4.51. The minimum atomic E-state index is 0.259. The summed E-state index contributed by atoms with van der Waals surface area (Å²) >= 11 is 4.76. The average molecular weight is 228 g/mol. The summed E-state index contributed by atoms with van der Waals surface area (Å²) in [5.41, 5.74) is 7.14. The molecule has 1 aromatic heterocycles. The Bertz CT molecular complexity index is 337. The monoisotopic (exact) mass is 228 g/mol. The highest BCUT2D eigenvalue weighted by Gasteiger charge is 2.04. The number of aryl methyl sites for hydroxylation is 2. The fraction of sp³-hybridized carbons (Fsp3) is 0.556. The molecule has 0 aromatic carbocycles. The van der Waals surface area contributed by atoms with Crippen molar-refractivity contribution >= 4 is 23.0 Å². The molecule has 0 aliphatic carbocycles. The third kappa shape index (κ3) is 3.85. The first kappa shape index (κ1) is 11.9. The zero-order valence-corrected chi connectivity index (χ0v) is 9.80. The molecule has 0 radical (unpaired) electrons. The molecule has 15 heavy (non-hydrogen) atoms. The molecule has 5 nitrogen and oxygen atoms in total. The van der Waals surface area contributed by atoms with E-state index in [1.165, 1.54) is 0 Å². The second kappa shape index (κ2) is 5.67. The van der Waals surface area contributed by atoms with Crippen LogP contribution in [0.15, 0.2) is 6.20 Å². The highest BCUT2D eigenvalue weighted by molar-refractivity contribution is 7.80. The number of nitrogens with one attached hydrogen (secondary N) is 1. The van der Waals surface area contributed by atoms with Gasteiger partial charge in [0, 0.05) is 26.5 Å². The van der Waals surface area contributed by atoms with Gasteiger partial charge in [-0.3, -0.25) is 4.68 Å². The van der Waals surface area contributed by atoms with Gasteiger partial charge >= 0.3 is 0 Å². The lowest BCUT2D eigenvalue weighted by molar-refractivity contribution is 0.189. The van der Waals surface area contributed by atoms with E-state index in [2.05, 4.69) is 10.4 Å². The van der Waals surface area contributed by atoms with Gasteiger partial charge in [-0.2, -0.15) is 5.10 Å². The maximum Gasteiger partial charge on any atom is 0.168 e. The van der Waals surface area contributed by atoms with Crippen molar-refractivity contribution in [2.75, 3.05) is 19.0 Å². The third-order valence-electron chi connectivity index (χ3n) is 1.94. The Labute approximate surface area is 94.6 Å². The van der Waals surface area contributed by atoms with Crippen LogP contribution in [0.2, 0.25) is 0 Å². The zero-order chi connectivity index (χ0) is 11.3. The molecule has 6 heteroatoms. The van der Waals surface area contributed by atoms with Crippen LogP contribution in [-0.4, -0.2) is 28.6 Å². The lowest BCUT2D eigenvalue weighted by Gasteiger charge is -2.00. The number of nitrogens with two attached hydrogens (primary N) is 1. The number of methoxy groups -OCH3 is 1. The fourth-order valence-electron chi connectivity index (χ4n) is 1.26. The van der Waals surface area contributed by atoms with Crippen LogP contribution in [-0.2, 0) is 11.3 Å². The van der Waals surface area contributed by atoms with Crippen molar-refractivity contribution in [2.24, 2.45) is 5.73 Å². The Morgan fingerprint density at radius 1 is 1.73 bits per heavy atom. The molecule has 0 atom stereocenters. The summed E-state index contributed by atoms with van der Waals surface area (Å²) in [6.45, 7) is 3.47. The summed E-state index contributed by atoms with van der Waals surface area (Å²) in [6, 6.07) is 0. The Hall–Kier alpha value is -1.14. The summed E-state index contributed by atoms with van der Waals surface area (Å²) in [6.07, 6.45) is 2.83. The van der Waals surface area contributed by atoms with E-state index in [9.17, 15) is 0 Å². The van der Waals surface area contributed by atoms with Crippen molar-refractivity contribution in [3.05, 3.63) is 11.9 Å². The minimum Gasteiger partial charge on any atom is -0.385 e. The van der Waals surface area contributed by atoms with Gasteiger partial charge in [-0.25, -0.2) is 0 Å². The molecule has 0 aliphatic heterocycles. The Morgan fingerprint density at radius 2 is 2.47 bits per heavy atom. The molecule has 0 aliphatic rings. The number of rotatable bonds is 5. The van der Waals surface area contributed by atoms with Gasteiger partial charge < -0.3 is 15.8 Å². The molecule has 1 rings (SSSR count). The number of ether oxygens (including phenoxy) is 1. The maximum atomic E-state index is 5.39. The largest absolute Gasteiger partial charge is 0.385 e. The normalized spacial score (nSPS) is 10.3. The standard InChI is InChI=1S/C9H16N4OS/c1-7-8(11-9(10)15)6-13(12-7)4-3-5-14-2/h6H,3-5H2,1-2H3,(H3,10,11,15). The van der Waals surface area contributed by atoms with Crippen molar-refractivity contribution in [2.45, 2.75) is 19.9 Å². The SMILES string of the molecule is COCCCn1cc(NC(N)=S)c(C)n1. The van der Waals surface area contributed by atoms with Crippen molar-refractivity contribution in [3.63, 3.8) is 0 Å². The first-order valence-electron chi connectivity index (χ1n) is 4.73. The van der Waals surface area contributed by atoms with Gasteiger partial charge in [-0.05, 0) is 25.6 Å². The number of nitrogens with zero attached hydrogens (tertiary/aromatic N) is 2. The van der Waals surface area contributed by atoms with Gasteiger partial charge in [0.1, 0.15) is 0 Å². The second-order valence-corrected chi connectivity index (χ2v) is 3.67. The van der Waals surface area contributed by atoms with E-state index >= 15 is 0 Å². The van der Waals surface area contributed by atoms with Crippen LogP contribution in [0.4, 0.5) is 5.69 Å². The molecule has 0 bridgehead atoms. The Morgan fingerprint density at radius 3 is 3.07 bits per heavy atom. The summed E-state index contributed by atoms with van der Waals surface area (Å²) < 4.78 is 6.82. The van der Waals surface area contributed by atoms with Crippen LogP contribution in [0.3, 0.4) is 0 Å². The van der Waals surface area contributed by atoms with Crippen molar-refractivity contribution in [1.82, 2.24) is 9.78 Å². The van der Waals surface area contributed by atoms with E-state index in [0.717, 1.165) is 31.0 Å². The van der Waals surface area contributed by atoms with E-state index in [-0.39, 0.29) is 5.11 Å². The Balaban J connectivity index is 2.56. The van der Waals surface area contributed by atoms with Crippen LogP contribution < -0.4 is 11.1 Å². The van der Waals surface area contributed by atoms with E-state index in [1.54, 1.807) is 7.11 Å². The lowest BCUT2D eigenvalue weighted by Crippen LogP contribution is -2.19. The highest BCUT2D eigenvalue weighted by Crippen LogP contribution is 2.12. The number of anilines is 1. The van der Waals surface area contributed by atoms with Gasteiger partial charge in [0.05, 0.1) is 11.4 Å². The third-order valence-corrected chi connectivity index (χ3v) is 2.04. The van der Waals surface area contributed by atoms with Gasteiger partial charge in [-0.15, -0.1) is 0 Å². The lowest BCUT2D eigenvalue weighted by atomic mass is 10.4.